The summed E-state index contributed by atoms with van der Waals surface area (Å²) in [6.07, 6.45) is 4.42. The lowest BCUT2D eigenvalue weighted by molar-refractivity contribution is -0.121. The summed E-state index contributed by atoms with van der Waals surface area (Å²) >= 11 is 0. The molecule has 4 rings (SSSR count). The van der Waals surface area contributed by atoms with Gasteiger partial charge >= 0.3 is 0 Å². The van der Waals surface area contributed by atoms with Crippen LogP contribution >= 0.6 is 0 Å². The largest absolute Gasteiger partial charge is 0.494 e. The van der Waals surface area contributed by atoms with Gasteiger partial charge in [0, 0.05) is 37.6 Å². The minimum atomic E-state index is -3.45. The summed E-state index contributed by atoms with van der Waals surface area (Å²) in [5.74, 6) is 0.837. The standard InChI is InChI=1S/C26H34N2O5S/c1-2-33-23-10-6-21(7-11-23)26(15-17-32-18-16-26)19-27-25(29)14-5-20-3-12-24(13-4-20)34(30,31)28-22-8-9-22/h3-4,6-7,10-13,22,28H,2,5,8-9,14-19H2,1H3,(H,27,29). The number of benzene rings is 2. The molecule has 2 aromatic rings. The highest BCUT2D eigenvalue weighted by atomic mass is 32.2. The Balaban J connectivity index is 1.31. The molecule has 34 heavy (non-hydrogen) atoms. The summed E-state index contributed by atoms with van der Waals surface area (Å²) in [4.78, 5) is 12.9. The number of nitrogens with one attached hydrogen (secondary N) is 2. The van der Waals surface area contributed by atoms with E-state index in [9.17, 15) is 13.2 Å². The van der Waals surface area contributed by atoms with Crippen molar-refractivity contribution in [3.8, 4) is 5.75 Å². The number of carbonyl (C=O) groups is 1. The van der Waals surface area contributed by atoms with Gasteiger partial charge in [0.1, 0.15) is 5.75 Å². The molecule has 1 aliphatic carbocycles. The molecule has 0 unspecified atom stereocenters. The molecule has 0 bridgehead atoms. The molecule has 7 nitrogen and oxygen atoms in total. The summed E-state index contributed by atoms with van der Waals surface area (Å²) < 4.78 is 38.4. The summed E-state index contributed by atoms with van der Waals surface area (Å²) in [6.45, 7) is 4.51. The fourth-order valence-corrected chi connectivity index (χ4v) is 5.64. The lowest BCUT2D eigenvalue weighted by Gasteiger charge is -2.38. The fourth-order valence-electron chi connectivity index (χ4n) is 4.34. The van der Waals surface area contributed by atoms with E-state index in [4.69, 9.17) is 9.47 Å². The molecule has 8 heteroatoms. The van der Waals surface area contributed by atoms with Crippen molar-refractivity contribution in [2.24, 2.45) is 0 Å². The van der Waals surface area contributed by atoms with Gasteiger partial charge in [-0.05, 0) is 74.4 Å². The summed E-state index contributed by atoms with van der Waals surface area (Å²) in [7, 11) is -3.45. The number of carbonyl (C=O) groups excluding carboxylic acids is 1. The van der Waals surface area contributed by atoms with Crippen LogP contribution in [0, 0.1) is 0 Å². The van der Waals surface area contributed by atoms with Gasteiger partial charge in [0.2, 0.25) is 15.9 Å². The maximum Gasteiger partial charge on any atom is 0.240 e. The molecule has 2 fully saturated rings. The van der Waals surface area contributed by atoms with Crippen molar-refractivity contribution in [3.05, 3.63) is 59.7 Å². The molecule has 1 saturated heterocycles. The van der Waals surface area contributed by atoms with Crippen LogP contribution in [0.3, 0.4) is 0 Å². The monoisotopic (exact) mass is 486 g/mol. The molecule has 0 radical (unpaired) electrons. The van der Waals surface area contributed by atoms with E-state index in [0.717, 1.165) is 37.0 Å². The predicted octanol–water partition coefficient (Wildman–Crippen LogP) is 3.32. The third-order valence-electron chi connectivity index (χ3n) is 6.63. The van der Waals surface area contributed by atoms with Gasteiger partial charge in [-0.2, -0.15) is 0 Å². The molecule has 0 aromatic heterocycles. The van der Waals surface area contributed by atoms with Crippen molar-refractivity contribution in [2.45, 2.75) is 61.8 Å². The average Bonchev–Trinajstić information content (AvgIpc) is 3.66. The number of ether oxygens (including phenoxy) is 2. The third kappa shape index (κ3) is 6.37. The SMILES string of the molecule is CCOc1ccc(C2(CNC(=O)CCc3ccc(S(=O)(=O)NC4CC4)cc3)CCOCC2)cc1. The van der Waals surface area contributed by atoms with Gasteiger partial charge in [-0.1, -0.05) is 24.3 Å². The first-order valence-electron chi connectivity index (χ1n) is 12.1. The number of amides is 1. The molecule has 184 valence electrons. The molecule has 1 amide bonds. The number of rotatable bonds is 11. The number of hydrogen-bond donors (Lipinski definition) is 2. The van der Waals surface area contributed by atoms with E-state index in [2.05, 4.69) is 22.2 Å². The molecule has 2 aromatic carbocycles. The summed E-state index contributed by atoms with van der Waals surface area (Å²) in [5, 5.41) is 3.13. The first-order valence-corrected chi connectivity index (χ1v) is 13.6. The molecule has 0 spiro atoms. The molecule has 2 aliphatic rings. The Bertz CT molecular complexity index is 1060. The number of aryl methyl sites for hydroxylation is 1. The second-order valence-corrected chi connectivity index (χ2v) is 10.9. The highest BCUT2D eigenvalue weighted by Crippen LogP contribution is 2.35. The van der Waals surface area contributed by atoms with Crippen LogP contribution in [0.25, 0.3) is 0 Å². The van der Waals surface area contributed by atoms with Gasteiger partial charge in [-0.25, -0.2) is 13.1 Å². The zero-order valence-electron chi connectivity index (χ0n) is 19.7. The molecule has 1 saturated carbocycles. The summed E-state index contributed by atoms with van der Waals surface area (Å²) in [5.41, 5.74) is 1.98. The van der Waals surface area contributed by atoms with Crippen molar-refractivity contribution in [1.29, 1.82) is 0 Å². The molecular formula is C26H34N2O5S. The quantitative estimate of drug-likeness (QED) is 0.508. The van der Waals surface area contributed by atoms with Gasteiger partial charge in [0.05, 0.1) is 11.5 Å². The zero-order valence-corrected chi connectivity index (χ0v) is 20.5. The van der Waals surface area contributed by atoms with E-state index in [1.807, 2.05) is 19.1 Å². The van der Waals surface area contributed by atoms with Gasteiger partial charge < -0.3 is 14.8 Å². The predicted molar refractivity (Wildman–Crippen MR) is 130 cm³/mol. The molecule has 1 aliphatic heterocycles. The Morgan fingerprint density at radius 2 is 1.74 bits per heavy atom. The van der Waals surface area contributed by atoms with Crippen LogP contribution in [-0.2, 0) is 31.4 Å². The Kier molecular flexibility index (Phi) is 7.91. The minimum Gasteiger partial charge on any atom is -0.494 e. The van der Waals surface area contributed by atoms with Crippen LogP contribution in [0.15, 0.2) is 53.4 Å². The zero-order chi connectivity index (χ0) is 24.0. The average molecular weight is 487 g/mol. The van der Waals surface area contributed by atoms with Crippen molar-refractivity contribution in [3.63, 3.8) is 0 Å². The number of hydrogen-bond acceptors (Lipinski definition) is 5. The lowest BCUT2D eigenvalue weighted by atomic mass is 9.74. The molecular weight excluding hydrogens is 452 g/mol. The maximum atomic E-state index is 12.7. The topological polar surface area (TPSA) is 93.7 Å². The normalized spacial score (nSPS) is 17.8. The van der Waals surface area contributed by atoms with Crippen molar-refractivity contribution < 1.29 is 22.7 Å². The highest BCUT2D eigenvalue weighted by Gasteiger charge is 2.35. The van der Waals surface area contributed by atoms with E-state index in [1.165, 1.54) is 5.56 Å². The van der Waals surface area contributed by atoms with Crippen LogP contribution < -0.4 is 14.8 Å². The highest BCUT2D eigenvalue weighted by molar-refractivity contribution is 7.89. The second-order valence-electron chi connectivity index (χ2n) is 9.17. The lowest BCUT2D eigenvalue weighted by Crippen LogP contribution is -2.44. The van der Waals surface area contributed by atoms with Crippen LogP contribution in [-0.4, -0.2) is 46.7 Å². The minimum absolute atomic E-state index is 0.0103. The van der Waals surface area contributed by atoms with Crippen LogP contribution in [0.5, 0.6) is 5.75 Å². The Morgan fingerprint density at radius 1 is 1.06 bits per heavy atom. The molecule has 2 N–H and O–H groups in total. The van der Waals surface area contributed by atoms with Crippen molar-refractivity contribution in [1.82, 2.24) is 10.0 Å². The Hall–Kier alpha value is -2.42. The number of sulfonamides is 1. The smallest absolute Gasteiger partial charge is 0.240 e. The fraction of sp³-hybridized carbons (Fsp3) is 0.500. The van der Waals surface area contributed by atoms with E-state index in [1.54, 1.807) is 24.3 Å². The van der Waals surface area contributed by atoms with Crippen LogP contribution in [0.2, 0.25) is 0 Å². The maximum absolute atomic E-state index is 12.7. The van der Waals surface area contributed by atoms with E-state index in [0.29, 0.717) is 39.2 Å². The van der Waals surface area contributed by atoms with E-state index < -0.39 is 10.0 Å². The molecule has 1 heterocycles. The van der Waals surface area contributed by atoms with Crippen molar-refractivity contribution >= 4 is 15.9 Å². The van der Waals surface area contributed by atoms with Gasteiger partial charge in [0.25, 0.3) is 0 Å². The first kappa shape index (κ1) is 24.7. The van der Waals surface area contributed by atoms with Crippen LogP contribution in [0.1, 0.15) is 50.2 Å². The van der Waals surface area contributed by atoms with Gasteiger partial charge in [-0.15, -0.1) is 0 Å². The van der Waals surface area contributed by atoms with Crippen molar-refractivity contribution in [2.75, 3.05) is 26.4 Å². The van der Waals surface area contributed by atoms with Gasteiger partial charge in [0.15, 0.2) is 0 Å². The Labute approximate surface area is 202 Å². The van der Waals surface area contributed by atoms with Crippen LogP contribution in [0.4, 0.5) is 0 Å². The second kappa shape index (κ2) is 10.9. The van der Waals surface area contributed by atoms with E-state index in [-0.39, 0.29) is 22.3 Å². The third-order valence-corrected chi connectivity index (χ3v) is 8.16. The van der Waals surface area contributed by atoms with E-state index >= 15 is 0 Å². The molecule has 0 atom stereocenters. The summed E-state index contributed by atoms with van der Waals surface area (Å²) in [6, 6.07) is 15.0. The first-order chi connectivity index (χ1) is 16.4. The Morgan fingerprint density at radius 3 is 2.35 bits per heavy atom. The van der Waals surface area contributed by atoms with Gasteiger partial charge in [-0.3, -0.25) is 4.79 Å².